The Morgan fingerprint density at radius 3 is 2.75 bits per heavy atom. The van der Waals surface area contributed by atoms with Crippen molar-refractivity contribution in [2.45, 2.75) is 39.2 Å². The van der Waals surface area contributed by atoms with Crippen LogP contribution in [0.25, 0.3) is 0 Å². The van der Waals surface area contributed by atoms with Crippen molar-refractivity contribution in [2.24, 2.45) is 0 Å². The summed E-state index contributed by atoms with van der Waals surface area (Å²) in [6.45, 7) is 7.87. The van der Waals surface area contributed by atoms with Gasteiger partial charge in [-0.1, -0.05) is 0 Å². The van der Waals surface area contributed by atoms with E-state index < -0.39 is 0 Å². The van der Waals surface area contributed by atoms with Crippen molar-refractivity contribution in [1.82, 2.24) is 4.90 Å². The van der Waals surface area contributed by atoms with E-state index in [2.05, 4.69) is 61.3 Å². The Labute approximate surface area is 124 Å². The maximum Gasteiger partial charge on any atom is 0.0376 e. The van der Waals surface area contributed by atoms with Crippen LogP contribution in [0, 0.1) is 0 Å². The highest BCUT2D eigenvalue weighted by Gasteiger charge is 2.15. The molecule has 1 unspecified atom stereocenters. The molecular formula is C17H29N3. The summed E-state index contributed by atoms with van der Waals surface area (Å²) in [6.07, 6.45) is 3.66. The van der Waals surface area contributed by atoms with E-state index in [1.165, 1.54) is 36.2 Å². The lowest BCUT2D eigenvalue weighted by Gasteiger charge is -2.28. The molecule has 1 atom stereocenters. The molecule has 1 aliphatic heterocycles. The van der Waals surface area contributed by atoms with Gasteiger partial charge in [-0.3, -0.25) is 0 Å². The van der Waals surface area contributed by atoms with Crippen molar-refractivity contribution in [3.05, 3.63) is 23.8 Å². The Morgan fingerprint density at radius 1 is 1.25 bits per heavy atom. The van der Waals surface area contributed by atoms with Gasteiger partial charge in [0.1, 0.15) is 0 Å². The number of rotatable bonds is 6. The summed E-state index contributed by atoms with van der Waals surface area (Å²) < 4.78 is 0. The van der Waals surface area contributed by atoms with E-state index in [1.807, 2.05) is 0 Å². The average molecular weight is 275 g/mol. The molecule has 0 spiro atoms. The minimum absolute atomic E-state index is 0.607. The molecule has 2 rings (SSSR count). The van der Waals surface area contributed by atoms with E-state index in [1.54, 1.807) is 0 Å². The van der Waals surface area contributed by atoms with Crippen molar-refractivity contribution in [2.75, 3.05) is 43.9 Å². The molecule has 0 bridgehead atoms. The smallest absolute Gasteiger partial charge is 0.0376 e. The summed E-state index contributed by atoms with van der Waals surface area (Å²) in [4.78, 5) is 4.74. The second kappa shape index (κ2) is 6.98. The topological polar surface area (TPSA) is 18.5 Å². The van der Waals surface area contributed by atoms with Crippen LogP contribution in [0.15, 0.2) is 18.2 Å². The Bertz CT molecular complexity index is 428. The maximum absolute atomic E-state index is 3.58. The lowest BCUT2D eigenvalue weighted by atomic mass is 9.98. The molecule has 3 heteroatoms. The van der Waals surface area contributed by atoms with E-state index in [0.29, 0.717) is 6.04 Å². The van der Waals surface area contributed by atoms with Crippen molar-refractivity contribution >= 4 is 11.4 Å². The lowest BCUT2D eigenvalue weighted by molar-refractivity contribution is 0.400. The Hall–Kier alpha value is -1.22. The largest absolute Gasteiger partial charge is 0.382 e. The van der Waals surface area contributed by atoms with Gasteiger partial charge in [0.2, 0.25) is 0 Å². The van der Waals surface area contributed by atoms with Gasteiger partial charge < -0.3 is 15.1 Å². The van der Waals surface area contributed by atoms with E-state index >= 15 is 0 Å². The van der Waals surface area contributed by atoms with E-state index in [-0.39, 0.29) is 0 Å². The van der Waals surface area contributed by atoms with Gasteiger partial charge in [-0.2, -0.15) is 0 Å². The van der Waals surface area contributed by atoms with Crippen molar-refractivity contribution < 1.29 is 0 Å². The molecule has 1 aliphatic rings. The van der Waals surface area contributed by atoms with Gasteiger partial charge in [0.25, 0.3) is 0 Å². The minimum Gasteiger partial charge on any atom is -0.382 e. The fraction of sp³-hybridized carbons (Fsp3) is 0.647. The normalized spacial score (nSPS) is 17.8. The fourth-order valence-electron chi connectivity index (χ4n) is 2.88. The van der Waals surface area contributed by atoms with Crippen LogP contribution in [0.4, 0.5) is 11.4 Å². The van der Waals surface area contributed by atoms with Gasteiger partial charge in [-0.25, -0.2) is 0 Å². The Balaban J connectivity index is 2.03. The highest BCUT2D eigenvalue weighted by atomic mass is 15.1. The monoisotopic (exact) mass is 275 g/mol. The van der Waals surface area contributed by atoms with Crippen molar-refractivity contribution in [1.29, 1.82) is 0 Å². The number of hydrogen-bond donors (Lipinski definition) is 1. The van der Waals surface area contributed by atoms with Crippen LogP contribution in [0.2, 0.25) is 0 Å². The van der Waals surface area contributed by atoms with E-state index in [9.17, 15) is 0 Å². The van der Waals surface area contributed by atoms with Gasteiger partial charge in [0.05, 0.1) is 0 Å². The Kier molecular flexibility index (Phi) is 5.30. The molecule has 1 aromatic rings. The Morgan fingerprint density at radius 2 is 2.05 bits per heavy atom. The number of fused-ring (bicyclic) bond motifs is 1. The zero-order valence-electron chi connectivity index (χ0n) is 13.4. The first-order valence-corrected chi connectivity index (χ1v) is 7.89. The number of aryl methyl sites for hydroxylation is 1. The molecule has 112 valence electrons. The third-order valence-electron chi connectivity index (χ3n) is 4.12. The first kappa shape index (κ1) is 15.2. The fourth-order valence-corrected chi connectivity index (χ4v) is 2.88. The number of benzene rings is 1. The molecular weight excluding hydrogens is 246 g/mol. The standard InChI is InChI=1S/C17H29N3/c1-5-20(12-6-11-19(3)4)16-9-10-17-15(13-16)8-7-14(2)18-17/h9-10,13-14,18H,5-8,11-12H2,1-4H3. The quantitative estimate of drug-likeness (QED) is 0.860. The summed E-state index contributed by atoms with van der Waals surface area (Å²) in [6, 6.07) is 7.52. The van der Waals surface area contributed by atoms with Gasteiger partial charge in [0.15, 0.2) is 0 Å². The molecule has 0 aliphatic carbocycles. The van der Waals surface area contributed by atoms with Crippen molar-refractivity contribution in [3.8, 4) is 0 Å². The molecule has 1 N–H and O–H groups in total. The molecule has 1 heterocycles. The first-order valence-electron chi connectivity index (χ1n) is 7.89. The second-order valence-corrected chi connectivity index (χ2v) is 6.16. The van der Waals surface area contributed by atoms with Gasteiger partial charge in [-0.05, 0) is 77.5 Å². The molecule has 1 aromatic carbocycles. The van der Waals surface area contributed by atoms with Crippen LogP contribution in [-0.2, 0) is 6.42 Å². The molecule has 0 saturated heterocycles. The van der Waals surface area contributed by atoms with Crippen LogP contribution >= 0.6 is 0 Å². The summed E-state index contributed by atoms with van der Waals surface area (Å²) in [5, 5.41) is 3.58. The van der Waals surface area contributed by atoms with Crippen LogP contribution in [-0.4, -0.2) is 44.7 Å². The maximum atomic E-state index is 3.58. The van der Waals surface area contributed by atoms with Crippen LogP contribution in [0.3, 0.4) is 0 Å². The summed E-state index contributed by atoms with van der Waals surface area (Å²) in [5.74, 6) is 0. The highest BCUT2D eigenvalue weighted by molar-refractivity contribution is 5.62. The van der Waals surface area contributed by atoms with Crippen molar-refractivity contribution in [3.63, 3.8) is 0 Å². The molecule has 0 aromatic heterocycles. The third-order valence-corrected chi connectivity index (χ3v) is 4.12. The zero-order valence-corrected chi connectivity index (χ0v) is 13.4. The average Bonchev–Trinajstić information content (AvgIpc) is 2.43. The minimum atomic E-state index is 0.607. The van der Waals surface area contributed by atoms with Gasteiger partial charge >= 0.3 is 0 Å². The van der Waals surface area contributed by atoms with Crippen LogP contribution in [0.5, 0.6) is 0 Å². The summed E-state index contributed by atoms with van der Waals surface area (Å²) >= 11 is 0. The van der Waals surface area contributed by atoms with E-state index in [0.717, 1.165) is 19.6 Å². The predicted octanol–water partition coefficient (Wildman–Crippen LogP) is 3.21. The van der Waals surface area contributed by atoms with Gasteiger partial charge in [0, 0.05) is 30.5 Å². The number of nitrogens with one attached hydrogen (secondary N) is 1. The zero-order chi connectivity index (χ0) is 14.5. The SMILES string of the molecule is CCN(CCCN(C)C)c1ccc2c(c1)CCC(C)N2. The summed E-state index contributed by atoms with van der Waals surface area (Å²) in [7, 11) is 4.28. The first-order chi connectivity index (χ1) is 9.60. The summed E-state index contributed by atoms with van der Waals surface area (Å²) in [5.41, 5.74) is 4.19. The highest BCUT2D eigenvalue weighted by Crippen LogP contribution is 2.29. The molecule has 0 fully saturated rings. The van der Waals surface area contributed by atoms with Crippen LogP contribution < -0.4 is 10.2 Å². The molecule has 0 saturated carbocycles. The lowest BCUT2D eigenvalue weighted by Crippen LogP contribution is -2.27. The molecule has 0 radical (unpaired) electrons. The number of hydrogen-bond acceptors (Lipinski definition) is 3. The number of nitrogens with zero attached hydrogens (tertiary/aromatic N) is 2. The molecule has 3 nitrogen and oxygen atoms in total. The third kappa shape index (κ3) is 3.89. The van der Waals surface area contributed by atoms with Gasteiger partial charge in [-0.15, -0.1) is 0 Å². The number of anilines is 2. The molecule has 0 amide bonds. The van der Waals surface area contributed by atoms with Crippen LogP contribution in [0.1, 0.15) is 32.3 Å². The predicted molar refractivity (Wildman–Crippen MR) is 88.9 cm³/mol. The van der Waals surface area contributed by atoms with E-state index in [4.69, 9.17) is 0 Å². The second-order valence-electron chi connectivity index (χ2n) is 6.16. The molecule has 20 heavy (non-hydrogen) atoms.